The molecule has 3 heterocycles. The summed E-state index contributed by atoms with van der Waals surface area (Å²) in [6, 6.07) is 7.89. The van der Waals surface area contributed by atoms with Crippen molar-refractivity contribution in [2.75, 3.05) is 0 Å². The zero-order valence-corrected chi connectivity index (χ0v) is 10.8. The van der Waals surface area contributed by atoms with Crippen molar-refractivity contribution < 1.29 is 19.1 Å². The third-order valence-electron chi connectivity index (χ3n) is 2.93. The van der Waals surface area contributed by atoms with E-state index in [1.807, 2.05) is 0 Å². The average Bonchev–Trinajstić information content (AvgIpc) is 2.90. The number of rotatable bonds is 4. The van der Waals surface area contributed by atoms with Crippen LogP contribution in [0.4, 0.5) is 0 Å². The number of furan rings is 1. The second kappa shape index (κ2) is 5.16. The van der Waals surface area contributed by atoms with Gasteiger partial charge in [-0.25, -0.2) is 4.98 Å². The highest BCUT2D eigenvalue weighted by atomic mass is 16.4. The number of hydrogen-bond acceptors (Lipinski definition) is 5. The molecule has 1 N–H and O–H groups in total. The van der Waals surface area contributed by atoms with Crippen LogP contribution in [0.5, 0.6) is 0 Å². The van der Waals surface area contributed by atoms with E-state index >= 15 is 0 Å². The predicted molar refractivity (Wildman–Crippen MR) is 73.0 cm³/mol. The zero-order chi connectivity index (χ0) is 14.8. The molecule has 6 heteroatoms. The van der Waals surface area contributed by atoms with Gasteiger partial charge in [0.2, 0.25) is 5.78 Å². The summed E-state index contributed by atoms with van der Waals surface area (Å²) in [7, 11) is 0. The highest BCUT2D eigenvalue weighted by Crippen LogP contribution is 2.20. The van der Waals surface area contributed by atoms with E-state index in [9.17, 15) is 9.59 Å². The van der Waals surface area contributed by atoms with E-state index in [0.717, 1.165) is 0 Å². The minimum Gasteiger partial charge on any atom is -0.481 e. The molecular weight excluding hydrogens is 272 g/mol. The van der Waals surface area contributed by atoms with E-state index in [1.165, 1.54) is 18.5 Å². The first-order valence-electron chi connectivity index (χ1n) is 6.19. The molecule has 0 saturated carbocycles. The standard InChI is InChI=1S/C15H10N2O4/c18-14(19)7-10-1-2-12-11(17-10)8-13(21-12)15(20)9-3-5-16-6-4-9/h1-6,8H,7H2,(H,18,19). The Morgan fingerprint density at radius 3 is 2.62 bits per heavy atom. The summed E-state index contributed by atoms with van der Waals surface area (Å²) in [5, 5.41) is 8.76. The molecule has 104 valence electrons. The number of ketones is 1. The molecule has 0 saturated heterocycles. The Kier molecular flexibility index (Phi) is 3.19. The van der Waals surface area contributed by atoms with Gasteiger partial charge in [0.1, 0.15) is 5.52 Å². The molecule has 0 aliphatic carbocycles. The molecular formula is C15H10N2O4. The van der Waals surface area contributed by atoms with Gasteiger partial charge in [0, 0.05) is 24.0 Å². The van der Waals surface area contributed by atoms with Crippen LogP contribution in [0.1, 0.15) is 21.8 Å². The Balaban J connectivity index is 1.97. The van der Waals surface area contributed by atoms with Gasteiger partial charge in [-0.05, 0) is 24.3 Å². The Bertz CT molecular complexity index is 824. The summed E-state index contributed by atoms with van der Waals surface area (Å²) in [5.41, 5.74) is 1.79. The van der Waals surface area contributed by atoms with Crippen LogP contribution in [0.25, 0.3) is 11.1 Å². The topological polar surface area (TPSA) is 93.3 Å². The van der Waals surface area contributed by atoms with Crippen LogP contribution in [-0.2, 0) is 11.2 Å². The Hall–Kier alpha value is -3.02. The minimum absolute atomic E-state index is 0.163. The van der Waals surface area contributed by atoms with Gasteiger partial charge in [-0.2, -0.15) is 0 Å². The van der Waals surface area contributed by atoms with E-state index in [-0.39, 0.29) is 18.0 Å². The Morgan fingerprint density at radius 2 is 1.90 bits per heavy atom. The summed E-state index contributed by atoms with van der Waals surface area (Å²) in [4.78, 5) is 30.9. The Morgan fingerprint density at radius 1 is 1.14 bits per heavy atom. The summed E-state index contributed by atoms with van der Waals surface area (Å²) in [5.74, 6) is -1.07. The second-order valence-electron chi connectivity index (χ2n) is 4.43. The lowest BCUT2D eigenvalue weighted by molar-refractivity contribution is -0.136. The van der Waals surface area contributed by atoms with Crippen LogP contribution < -0.4 is 0 Å². The number of nitrogens with zero attached hydrogens (tertiary/aromatic N) is 2. The summed E-state index contributed by atoms with van der Waals surface area (Å²) in [6.45, 7) is 0. The number of carbonyl (C=O) groups is 2. The van der Waals surface area contributed by atoms with E-state index < -0.39 is 5.97 Å². The quantitative estimate of drug-likeness (QED) is 0.736. The third-order valence-corrected chi connectivity index (χ3v) is 2.93. The maximum Gasteiger partial charge on any atom is 0.309 e. The van der Waals surface area contributed by atoms with Crippen molar-refractivity contribution in [2.24, 2.45) is 0 Å². The van der Waals surface area contributed by atoms with Crippen molar-refractivity contribution >= 4 is 22.9 Å². The van der Waals surface area contributed by atoms with Crippen LogP contribution >= 0.6 is 0 Å². The van der Waals surface area contributed by atoms with E-state index in [2.05, 4.69) is 9.97 Å². The molecule has 0 radical (unpaired) electrons. The molecule has 21 heavy (non-hydrogen) atoms. The summed E-state index contributed by atoms with van der Waals surface area (Å²) >= 11 is 0. The minimum atomic E-state index is -0.960. The lowest BCUT2D eigenvalue weighted by Gasteiger charge is -1.95. The first-order chi connectivity index (χ1) is 10.1. The first-order valence-corrected chi connectivity index (χ1v) is 6.19. The lowest BCUT2D eigenvalue weighted by Crippen LogP contribution is -2.01. The van der Waals surface area contributed by atoms with Gasteiger partial charge >= 0.3 is 5.97 Å². The first kappa shape index (κ1) is 13.0. The van der Waals surface area contributed by atoms with Crippen molar-refractivity contribution in [1.82, 2.24) is 9.97 Å². The summed E-state index contributed by atoms with van der Waals surface area (Å²) in [6.07, 6.45) is 2.88. The average molecular weight is 282 g/mol. The van der Waals surface area contributed by atoms with Crippen LogP contribution in [0.3, 0.4) is 0 Å². The molecule has 3 rings (SSSR count). The van der Waals surface area contributed by atoms with Crippen molar-refractivity contribution in [2.45, 2.75) is 6.42 Å². The van der Waals surface area contributed by atoms with Gasteiger partial charge in [0.15, 0.2) is 11.3 Å². The molecule has 0 amide bonds. The molecule has 0 bridgehead atoms. The number of carbonyl (C=O) groups excluding carboxylic acids is 1. The molecule has 3 aromatic rings. The largest absolute Gasteiger partial charge is 0.481 e. The van der Waals surface area contributed by atoms with Gasteiger partial charge in [0.25, 0.3) is 0 Å². The van der Waals surface area contributed by atoms with Crippen LogP contribution in [0.15, 0.2) is 47.1 Å². The maximum atomic E-state index is 12.2. The van der Waals surface area contributed by atoms with E-state index in [0.29, 0.717) is 22.4 Å². The predicted octanol–water partition coefficient (Wildman–Crippen LogP) is 2.08. The smallest absolute Gasteiger partial charge is 0.309 e. The van der Waals surface area contributed by atoms with Gasteiger partial charge in [-0.1, -0.05) is 0 Å². The number of carboxylic acids is 1. The fourth-order valence-electron chi connectivity index (χ4n) is 1.98. The van der Waals surface area contributed by atoms with Crippen LogP contribution in [-0.4, -0.2) is 26.8 Å². The normalized spacial score (nSPS) is 10.7. The molecule has 0 atom stereocenters. The maximum absolute atomic E-state index is 12.2. The van der Waals surface area contributed by atoms with Crippen molar-refractivity contribution in [3.8, 4) is 0 Å². The number of aliphatic carboxylic acids is 1. The van der Waals surface area contributed by atoms with Crippen molar-refractivity contribution in [3.05, 3.63) is 59.7 Å². The van der Waals surface area contributed by atoms with Gasteiger partial charge in [0.05, 0.1) is 12.1 Å². The fraction of sp³-hybridized carbons (Fsp3) is 0.0667. The van der Waals surface area contributed by atoms with Gasteiger partial charge < -0.3 is 9.52 Å². The summed E-state index contributed by atoms with van der Waals surface area (Å²) < 4.78 is 5.46. The van der Waals surface area contributed by atoms with Gasteiger partial charge in [-0.3, -0.25) is 14.6 Å². The Labute approximate surface area is 119 Å². The number of hydrogen-bond donors (Lipinski definition) is 1. The number of pyridine rings is 2. The molecule has 0 spiro atoms. The van der Waals surface area contributed by atoms with Crippen LogP contribution in [0.2, 0.25) is 0 Å². The van der Waals surface area contributed by atoms with E-state index in [1.54, 1.807) is 24.3 Å². The number of carboxylic acid groups (broad SMARTS) is 1. The SMILES string of the molecule is O=C(O)Cc1ccc2oc(C(=O)c3ccncc3)cc2n1. The molecule has 6 nitrogen and oxygen atoms in total. The number of aromatic nitrogens is 2. The molecule has 0 aromatic carbocycles. The van der Waals surface area contributed by atoms with Crippen molar-refractivity contribution in [3.63, 3.8) is 0 Å². The second-order valence-corrected chi connectivity index (χ2v) is 4.43. The molecule has 0 aliphatic rings. The molecule has 3 aromatic heterocycles. The fourth-order valence-corrected chi connectivity index (χ4v) is 1.98. The van der Waals surface area contributed by atoms with Gasteiger partial charge in [-0.15, -0.1) is 0 Å². The van der Waals surface area contributed by atoms with Crippen LogP contribution in [0, 0.1) is 0 Å². The highest BCUT2D eigenvalue weighted by molar-refractivity contribution is 6.08. The lowest BCUT2D eigenvalue weighted by atomic mass is 10.1. The zero-order valence-electron chi connectivity index (χ0n) is 10.8. The number of fused-ring (bicyclic) bond motifs is 1. The third kappa shape index (κ3) is 2.64. The molecule has 0 aliphatic heterocycles. The highest BCUT2D eigenvalue weighted by Gasteiger charge is 2.15. The molecule has 0 unspecified atom stereocenters. The van der Waals surface area contributed by atoms with E-state index in [4.69, 9.17) is 9.52 Å². The monoisotopic (exact) mass is 282 g/mol. The molecule has 0 fully saturated rings. The van der Waals surface area contributed by atoms with Crippen molar-refractivity contribution in [1.29, 1.82) is 0 Å².